The third-order valence-corrected chi connectivity index (χ3v) is 5.41. The molecular formula is C20H23N5O2. The average Bonchev–Trinajstić information content (AvgIpc) is 3.30. The fraction of sp³-hybridized carbons (Fsp3) is 0.350. The third-order valence-electron chi connectivity index (χ3n) is 5.41. The summed E-state index contributed by atoms with van der Waals surface area (Å²) in [5.74, 6) is 0. The van der Waals surface area contributed by atoms with Gasteiger partial charge in [-0.1, -0.05) is 39.0 Å². The summed E-state index contributed by atoms with van der Waals surface area (Å²) in [6.45, 7) is 6.56. The largest absolute Gasteiger partial charge is 0.465 e. The van der Waals surface area contributed by atoms with E-state index in [1.807, 2.05) is 54.4 Å². The van der Waals surface area contributed by atoms with Gasteiger partial charge in [-0.15, -0.1) is 0 Å². The second-order valence-corrected chi connectivity index (χ2v) is 8.02. The first-order valence-corrected chi connectivity index (χ1v) is 8.89. The molecule has 0 saturated carbocycles. The van der Waals surface area contributed by atoms with E-state index in [1.54, 1.807) is 10.9 Å². The fourth-order valence-corrected chi connectivity index (χ4v) is 4.10. The number of aromatic nitrogens is 4. The van der Waals surface area contributed by atoms with Crippen LogP contribution in [0.25, 0.3) is 16.6 Å². The van der Waals surface area contributed by atoms with Gasteiger partial charge in [0.05, 0.1) is 23.4 Å². The predicted octanol–water partition coefficient (Wildman–Crippen LogP) is 3.53. The molecule has 0 bridgehead atoms. The molecule has 4 rings (SSSR count). The minimum Gasteiger partial charge on any atom is -0.465 e. The van der Waals surface area contributed by atoms with Crippen molar-refractivity contribution < 1.29 is 9.90 Å². The number of carbonyl (C=O) groups is 1. The lowest BCUT2D eigenvalue weighted by atomic mass is 9.69. The van der Waals surface area contributed by atoms with Gasteiger partial charge in [-0.2, -0.15) is 10.2 Å². The number of carboxylic acid groups (broad SMARTS) is 1. The summed E-state index contributed by atoms with van der Waals surface area (Å²) < 4.78 is 3.58. The van der Waals surface area contributed by atoms with Gasteiger partial charge in [-0.3, -0.25) is 9.58 Å². The summed E-state index contributed by atoms with van der Waals surface area (Å²) in [5.41, 5.74) is 2.70. The minimum atomic E-state index is -0.929. The zero-order chi connectivity index (χ0) is 19.4. The van der Waals surface area contributed by atoms with Crippen molar-refractivity contribution >= 4 is 11.6 Å². The molecule has 7 nitrogen and oxygen atoms in total. The molecule has 0 saturated heterocycles. The van der Waals surface area contributed by atoms with E-state index in [4.69, 9.17) is 0 Å². The Morgan fingerprint density at radius 1 is 1.15 bits per heavy atom. The summed E-state index contributed by atoms with van der Waals surface area (Å²) in [5, 5.41) is 18.6. The van der Waals surface area contributed by atoms with E-state index < -0.39 is 11.6 Å². The second-order valence-electron chi connectivity index (χ2n) is 8.02. The van der Waals surface area contributed by atoms with Gasteiger partial charge >= 0.3 is 6.09 Å². The quantitative estimate of drug-likeness (QED) is 0.705. The predicted molar refractivity (Wildman–Crippen MR) is 102 cm³/mol. The zero-order valence-electron chi connectivity index (χ0n) is 15.9. The molecule has 4 heterocycles. The molecule has 1 unspecified atom stereocenters. The highest BCUT2D eigenvalue weighted by molar-refractivity contribution is 5.73. The molecule has 0 aromatic carbocycles. The van der Waals surface area contributed by atoms with E-state index in [1.165, 1.54) is 4.90 Å². The lowest BCUT2D eigenvalue weighted by Gasteiger charge is -2.46. The highest BCUT2D eigenvalue weighted by Crippen LogP contribution is 2.49. The van der Waals surface area contributed by atoms with Crippen molar-refractivity contribution in [3.05, 3.63) is 54.6 Å². The summed E-state index contributed by atoms with van der Waals surface area (Å²) >= 11 is 0. The Morgan fingerprint density at radius 2 is 1.93 bits per heavy atom. The van der Waals surface area contributed by atoms with E-state index >= 15 is 0 Å². The van der Waals surface area contributed by atoms with Gasteiger partial charge in [0.15, 0.2) is 0 Å². The van der Waals surface area contributed by atoms with E-state index in [2.05, 4.69) is 31.0 Å². The summed E-state index contributed by atoms with van der Waals surface area (Å²) in [4.78, 5) is 13.5. The number of pyridine rings is 1. The molecule has 1 N–H and O–H groups in total. The molecule has 3 aromatic heterocycles. The monoisotopic (exact) mass is 365 g/mol. The van der Waals surface area contributed by atoms with Gasteiger partial charge in [0.25, 0.3) is 0 Å². The lowest BCUT2D eigenvalue weighted by Crippen LogP contribution is -2.52. The number of amides is 1. The average molecular weight is 365 g/mol. The maximum Gasteiger partial charge on any atom is 0.408 e. The number of hydrogen-bond acceptors (Lipinski definition) is 3. The molecule has 1 amide bonds. The van der Waals surface area contributed by atoms with Gasteiger partial charge in [-0.25, -0.2) is 9.31 Å². The van der Waals surface area contributed by atoms with Crippen LogP contribution in [0.15, 0.2) is 49.1 Å². The van der Waals surface area contributed by atoms with E-state index in [0.717, 1.165) is 22.2 Å². The van der Waals surface area contributed by atoms with Gasteiger partial charge in [-0.05, 0) is 11.5 Å². The maximum atomic E-state index is 12.0. The Labute approximate surface area is 157 Å². The Bertz CT molecular complexity index is 1060. The van der Waals surface area contributed by atoms with Crippen LogP contribution < -0.4 is 0 Å². The Kier molecular flexibility index (Phi) is 3.66. The normalized spacial score (nSPS) is 19.9. The number of rotatable bonds is 2. The third kappa shape index (κ3) is 2.45. The molecule has 0 fully saturated rings. The SMILES string of the molecule is Cn1cc(-c2ccc3c(C4(C(C)(C)C)C=CCN4C(=O)O)cnn3c2)cn1. The molecule has 7 heteroatoms. The van der Waals surface area contributed by atoms with Crippen LogP contribution in [0.3, 0.4) is 0 Å². The smallest absolute Gasteiger partial charge is 0.408 e. The van der Waals surface area contributed by atoms with Crippen LogP contribution in [-0.4, -0.2) is 42.0 Å². The number of hydrogen-bond donors (Lipinski definition) is 1. The van der Waals surface area contributed by atoms with Crippen LogP contribution in [0.4, 0.5) is 4.79 Å². The Balaban J connectivity index is 1.90. The van der Waals surface area contributed by atoms with Crippen LogP contribution in [0.2, 0.25) is 0 Å². The van der Waals surface area contributed by atoms with Gasteiger partial charge in [0, 0.05) is 42.7 Å². The lowest BCUT2D eigenvalue weighted by molar-refractivity contribution is 0.0510. The highest BCUT2D eigenvalue weighted by Gasteiger charge is 2.52. The van der Waals surface area contributed by atoms with Gasteiger partial charge in [0.2, 0.25) is 0 Å². The summed E-state index contributed by atoms with van der Waals surface area (Å²) in [6, 6.07) is 4.03. The van der Waals surface area contributed by atoms with Crippen LogP contribution in [0, 0.1) is 5.41 Å². The molecular weight excluding hydrogens is 342 g/mol. The molecule has 0 spiro atoms. The van der Waals surface area contributed by atoms with Gasteiger partial charge < -0.3 is 5.11 Å². The van der Waals surface area contributed by atoms with Crippen molar-refractivity contribution in [1.82, 2.24) is 24.3 Å². The molecule has 1 atom stereocenters. The number of fused-ring (bicyclic) bond motifs is 1. The zero-order valence-corrected chi connectivity index (χ0v) is 15.9. The van der Waals surface area contributed by atoms with Crippen molar-refractivity contribution in [1.29, 1.82) is 0 Å². The molecule has 3 aromatic rings. The standard InChI is InChI=1S/C20H23N5O2/c1-19(2,3)20(8-5-9-24(20)18(26)27)16-11-22-25-13-14(6-7-17(16)25)15-10-21-23(4)12-15/h5-8,10-13H,9H2,1-4H3,(H,26,27). The fourth-order valence-electron chi connectivity index (χ4n) is 4.10. The Hall–Kier alpha value is -3.09. The van der Waals surface area contributed by atoms with Crippen molar-refractivity contribution in [2.75, 3.05) is 6.54 Å². The second kappa shape index (κ2) is 5.70. The minimum absolute atomic E-state index is 0.343. The van der Waals surface area contributed by atoms with Crippen LogP contribution >= 0.6 is 0 Å². The van der Waals surface area contributed by atoms with Crippen molar-refractivity contribution in [3.8, 4) is 11.1 Å². The molecule has 1 aliphatic heterocycles. The first-order chi connectivity index (χ1) is 12.7. The molecule has 1 aliphatic rings. The molecule has 27 heavy (non-hydrogen) atoms. The topological polar surface area (TPSA) is 75.7 Å². The first-order valence-electron chi connectivity index (χ1n) is 8.89. The van der Waals surface area contributed by atoms with E-state index in [-0.39, 0.29) is 5.41 Å². The molecule has 140 valence electrons. The van der Waals surface area contributed by atoms with Crippen molar-refractivity contribution in [2.45, 2.75) is 26.3 Å². The van der Waals surface area contributed by atoms with E-state index in [0.29, 0.717) is 6.54 Å². The van der Waals surface area contributed by atoms with Crippen LogP contribution in [-0.2, 0) is 12.6 Å². The van der Waals surface area contributed by atoms with Gasteiger partial charge in [0.1, 0.15) is 0 Å². The Morgan fingerprint density at radius 3 is 2.56 bits per heavy atom. The van der Waals surface area contributed by atoms with Crippen molar-refractivity contribution in [3.63, 3.8) is 0 Å². The summed E-state index contributed by atoms with van der Waals surface area (Å²) in [7, 11) is 1.88. The van der Waals surface area contributed by atoms with Crippen molar-refractivity contribution in [2.24, 2.45) is 12.5 Å². The van der Waals surface area contributed by atoms with E-state index in [9.17, 15) is 9.90 Å². The maximum absolute atomic E-state index is 12.0. The molecule has 0 aliphatic carbocycles. The molecule has 0 radical (unpaired) electrons. The first kappa shape index (κ1) is 17.3. The summed E-state index contributed by atoms with van der Waals surface area (Å²) in [6.07, 6.45) is 10.5. The number of aryl methyl sites for hydroxylation is 1. The van der Waals surface area contributed by atoms with Crippen LogP contribution in [0.1, 0.15) is 26.3 Å². The van der Waals surface area contributed by atoms with Crippen LogP contribution in [0.5, 0.6) is 0 Å². The number of nitrogens with zero attached hydrogens (tertiary/aromatic N) is 5. The highest BCUT2D eigenvalue weighted by atomic mass is 16.4.